The van der Waals surface area contributed by atoms with Gasteiger partial charge in [-0.25, -0.2) is 0 Å². The van der Waals surface area contributed by atoms with Crippen molar-refractivity contribution in [2.45, 2.75) is 26.3 Å². The summed E-state index contributed by atoms with van der Waals surface area (Å²) in [4.78, 5) is 38.4. The summed E-state index contributed by atoms with van der Waals surface area (Å²) in [5.74, 6) is -0.990. The van der Waals surface area contributed by atoms with Crippen LogP contribution in [0.15, 0.2) is 23.0 Å². The van der Waals surface area contributed by atoms with Gasteiger partial charge in [-0.1, -0.05) is 11.6 Å². The van der Waals surface area contributed by atoms with E-state index in [1.54, 1.807) is 27.8 Å². The second-order valence-corrected chi connectivity index (χ2v) is 6.56. The highest BCUT2D eigenvalue weighted by atomic mass is 35.5. The second-order valence-electron chi connectivity index (χ2n) is 6.12. The molecule has 2 aromatic rings. The number of primary amides is 1. The quantitative estimate of drug-likeness (QED) is 0.892. The van der Waals surface area contributed by atoms with Crippen molar-refractivity contribution >= 4 is 34.3 Å². The Bertz CT molecular complexity index is 901. The van der Waals surface area contributed by atoms with Gasteiger partial charge in [-0.15, -0.1) is 0 Å². The lowest BCUT2D eigenvalue weighted by Crippen LogP contribution is -2.43. The normalized spacial score (nSPS) is 15.5. The molecule has 8 heteroatoms. The summed E-state index contributed by atoms with van der Waals surface area (Å²) >= 11 is 6.00. The number of aryl methyl sites for hydroxylation is 1. The number of benzene rings is 1. The Kier molecular flexibility index (Phi) is 4.76. The van der Waals surface area contributed by atoms with Gasteiger partial charge in [-0.3, -0.25) is 19.1 Å². The number of nitrogens with two attached hydrogens (primary N) is 1. The fraction of sp³-hybridized carbons (Fsp3) is 0.412. The number of carbonyl (C=O) groups excluding carboxylic acids is 2. The number of hydrogen-bond donors (Lipinski definition) is 1. The van der Waals surface area contributed by atoms with E-state index in [2.05, 4.69) is 5.10 Å². The van der Waals surface area contributed by atoms with Crippen LogP contribution in [0.25, 0.3) is 10.9 Å². The minimum atomic E-state index is -0.427. The minimum absolute atomic E-state index is 0.117. The summed E-state index contributed by atoms with van der Waals surface area (Å²) in [7, 11) is 0. The summed E-state index contributed by atoms with van der Waals surface area (Å²) in [6.07, 6.45) is 1.00. The van der Waals surface area contributed by atoms with E-state index in [1.165, 1.54) is 0 Å². The van der Waals surface area contributed by atoms with Crippen molar-refractivity contribution in [3.05, 3.63) is 39.1 Å². The van der Waals surface area contributed by atoms with E-state index in [-0.39, 0.29) is 17.5 Å². The van der Waals surface area contributed by atoms with Crippen LogP contribution in [0.2, 0.25) is 5.02 Å². The Morgan fingerprint density at radius 1 is 1.32 bits per heavy atom. The largest absolute Gasteiger partial charge is 0.369 e. The molecule has 1 saturated heterocycles. The van der Waals surface area contributed by atoms with Crippen molar-refractivity contribution < 1.29 is 9.59 Å². The first-order valence-electron chi connectivity index (χ1n) is 8.21. The van der Waals surface area contributed by atoms with E-state index in [0.29, 0.717) is 48.4 Å². The Morgan fingerprint density at radius 2 is 2.00 bits per heavy atom. The maximum absolute atomic E-state index is 12.8. The van der Waals surface area contributed by atoms with Crippen LogP contribution in [0, 0.1) is 5.92 Å². The summed E-state index contributed by atoms with van der Waals surface area (Å²) in [6.45, 7) is 3.17. The van der Waals surface area contributed by atoms with Gasteiger partial charge in [0.05, 0.1) is 10.9 Å². The van der Waals surface area contributed by atoms with Crippen LogP contribution in [0.5, 0.6) is 0 Å². The van der Waals surface area contributed by atoms with E-state index in [1.807, 2.05) is 6.92 Å². The molecular weight excluding hydrogens is 344 g/mol. The lowest BCUT2D eigenvalue weighted by Gasteiger charge is -2.30. The predicted molar refractivity (Wildman–Crippen MR) is 94.5 cm³/mol. The van der Waals surface area contributed by atoms with E-state index < -0.39 is 11.3 Å². The first-order chi connectivity index (χ1) is 11.9. The highest BCUT2D eigenvalue weighted by molar-refractivity contribution is 6.31. The first-order valence-corrected chi connectivity index (χ1v) is 8.59. The molecule has 1 aliphatic heterocycles. The fourth-order valence-corrected chi connectivity index (χ4v) is 3.33. The van der Waals surface area contributed by atoms with Crippen molar-refractivity contribution in [3.8, 4) is 0 Å². The number of carbonyl (C=O) groups is 2. The maximum Gasteiger partial charge on any atom is 0.278 e. The van der Waals surface area contributed by atoms with E-state index in [0.717, 1.165) is 0 Å². The highest BCUT2D eigenvalue weighted by Gasteiger charge is 2.29. The van der Waals surface area contributed by atoms with Gasteiger partial charge in [-0.05, 0) is 38.0 Å². The Balaban J connectivity index is 1.98. The third-order valence-electron chi connectivity index (χ3n) is 4.60. The van der Waals surface area contributed by atoms with Gasteiger partial charge in [0, 0.05) is 30.6 Å². The summed E-state index contributed by atoms with van der Waals surface area (Å²) in [6, 6.07) is 4.97. The van der Waals surface area contributed by atoms with Crippen LogP contribution < -0.4 is 11.2 Å². The number of nitrogens with zero attached hydrogens (tertiary/aromatic N) is 3. The van der Waals surface area contributed by atoms with Gasteiger partial charge in [-0.2, -0.15) is 5.10 Å². The lowest BCUT2D eigenvalue weighted by atomic mass is 9.96. The van der Waals surface area contributed by atoms with Crippen LogP contribution in [-0.2, 0) is 11.3 Å². The third kappa shape index (κ3) is 3.24. The topological polar surface area (TPSA) is 98.3 Å². The Morgan fingerprint density at radius 3 is 2.60 bits per heavy atom. The highest BCUT2D eigenvalue weighted by Crippen LogP contribution is 2.20. The minimum Gasteiger partial charge on any atom is -0.369 e. The molecule has 1 aliphatic rings. The predicted octanol–water partition coefficient (Wildman–Crippen LogP) is 1.41. The molecule has 1 aromatic heterocycles. The molecule has 132 valence electrons. The van der Waals surface area contributed by atoms with E-state index in [4.69, 9.17) is 17.3 Å². The van der Waals surface area contributed by atoms with Gasteiger partial charge >= 0.3 is 0 Å². The molecule has 7 nitrogen and oxygen atoms in total. The standard InChI is InChI=1S/C17H19ClN4O3/c1-2-22-13-4-3-11(18)9-12(13)15(23)14(20-22)17(25)21-7-5-10(6-8-21)16(19)24/h3-4,9-10H,2,5-8H2,1H3,(H2,19,24). The Hall–Kier alpha value is -2.41. The van der Waals surface area contributed by atoms with Crippen LogP contribution in [0.3, 0.4) is 0 Å². The number of hydrogen-bond acceptors (Lipinski definition) is 4. The number of rotatable bonds is 3. The molecule has 0 atom stereocenters. The molecule has 1 fully saturated rings. The molecule has 0 bridgehead atoms. The summed E-state index contributed by atoms with van der Waals surface area (Å²) in [5.41, 5.74) is 5.41. The Labute approximate surface area is 149 Å². The molecule has 0 unspecified atom stereocenters. The molecule has 2 amide bonds. The van der Waals surface area contributed by atoms with Crippen LogP contribution in [0.1, 0.15) is 30.3 Å². The molecule has 2 heterocycles. The number of halogens is 1. The molecule has 0 radical (unpaired) electrons. The van der Waals surface area contributed by atoms with Crippen LogP contribution in [-0.4, -0.2) is 39.6 Å². The molecule has 0 spiro atoms. The van der Waals surface area contributed by atoms with Crippen LogP contribution in [0.4, 0.5) is 0 Å². The fourth-order valence-electron chi connectivity index (χ4n) is 3.16. The first kappa shape index (κ1) is 17.4. The number of fused-ring (bicyclic) bond motifs is 1. The zero-order chi connectivity index (χ0) is 18.1. The molecule has 3 rings (SSSR count). The summed E-state index contributed by atoms with van der Waals surface area (Å²) in [5, 5.41) is 5.06. The molecule has 2 N–H and O–H groups in total. The number of amides is 2. The zero-order valence-corrected chi connectivity index (χ0v) is 14.6. The monoisotopic (exact) mass is 362 g/mol. The third-order valence-corrected chi connectivity index (χ3v) is 4.84. The van der Waals surface area contributed by atoms with Gasteiger partial charge < -0.3 is 10.6 Å². The summed E-state index contributed by atoms with van der Waals surface area (Å²) < 4.78 is 1.62. The van der Waals surface area contributed by atoms with Crippen molar-refractivity contribution in [1.82, 2.24) is 14.7 Å². The molecule has 25 heavy (non-hydrogen) atoms. The number of likely N-dealkylation sites (tertiary alicyclic amines) is 1. The lowest BCUT2D eigenvalue weighted by molar-refractivity contribution is -0.123. The molecule has 0 aliphatic carbocycles. The van der Waals surface area contributed by atoms with Gasteiger partial charge in [0.25, 0.3) is 5.91 Å². The van der Waals surface area contributed by atoms with Crippen molar-refractivity contribution in [3.63, 3.8) is 0 Å². The van der Waals surface area contributed by atoms with Gasteiger partial charge in [0.15, 0.2) is 5.69 Å². The number of aromatic nitrogens is 2. The van der Waals surface area contributed by atoms with Crippen molar-refractivity contribution in [1.29, 1.82) is 0 Å². The SMILES string of the molecule is CCn1nc(C(=O)N2CCC(C(N)=O)CC2)c(=O)c2cc(Cl)ccc21. The average molecular weight is 363 g/mol. The molecule has 1 aromatic carbocycles. The smallest absolute Gasteiger partial charge is 0.278 e. The zero-order valence-electron chi connectivity index (χ0n) is 13.9. The van der Waals surface area contributed by atoms with Crippen molar-refractivity contribution in [2.24, 2.45) is 11.7 Å². The van der Waals surface area contributed by atoms with Crippen molar-refractivity contribution in [2.75, 3.05) is 13.1 Å². The van der Waals surface area contributed by atoms with Gasteiger partial charge in [0.1, 0.15) is 0 Å². The van der Waals surface area contributed by atoms with Gasteiger partial charge in [0.2, 0.25) is 11.3 Å². The number of piperidine rings is 1. The maximum atomic E-state index is 12.8. The second kappa shape index (κ2) is 6.84. The van der Waals surface area contributed by atoms with E-state index in [9.17, 15) is 14.4 Å². The average Bonchev–Trinajstić information content (AvgIpc) is 2.62. The van der Waals surface area contributed by atoms with E-state index >= 15 is 0 Å². The molecular formula is C17H19ClN4O3. The van der Waals surface area contributed by atoms with Crippen LogP contribution >= 0.6 is 11.6 Å². The molecule has 0 saturated carbocycles.